The van der Waals surface area contributed by atoms with Crippen LogP contribution in [0.1, 0.15) is 18.9 Å². The minimum atomic E-state index is -0.550. The van der Waals surface area contributed by atoms with Crippen molar-refractivity contribution in [2.24, 2.45) is 0 Å². The predicted octanol–water partition coefficient (Wildman–Crippen LogP) is 2.68. The second-order valence-electron chi connectivity index (χ2n) is 5.98. The lowest BCUT2D eigenvalue weighted by Gasteiger charge is -2.15. The number of carbonyl (C=O) groups excluding carboxylic acids is 2. The van der Waals surface area contributed by atoms with Crippen LogP contribution in [0.3, 0.4) is 0 Å². The number of carbonyl (C=O) groups is 2. The third-order valence-electron chi connectivity index (χ3n) is 3.66. The Morgan fingerprint density at radius 1 is 1.24 bits per heavy atom. The SMILES string of the molecule is COC[C@@H](NC(C)=O)C(=O)CCc1ccc(I)cc1.O[B]Oc1cccc(F)c1. The van der Waals surface area contributed by atoms with Gasteiger partial charge in [0.05, 0.1) is 6.61 Å². The van der Waals surface area contributed by atoms with Crippen molar-refractivity contribution in [3.63, 3.8) is 0 Å². The van der Waals surface area contributed by atoms with Crippen LogP contribution < -0.4 is 9.97 Å². The van der Waals surface area contributed by atoms with E-state index in [4.69, 9.17) is 9.76 Å². The van der Waals surface area contributed by atoms with Gasteiger partial charge in [-0.25, -0.2) is 4.39 Å². The molecule has 0 aromatic heterocycles. The molecule has 0 saturated carbocycles. The van der Waals surface area contributed by atoms with E-state index in [9.17, 15) is 14.0 Å². The first-order valence-corrected chi connectivity index (χ1v) is 9.85. The molecule has 2 aromatic rings. The number of rotatable bonds is 9. The normalized spacial score (nSPS) is 10.9. The number of nitrogens with one attached hydrogen (secondary N) is 1. The van der Waals surface area contributed by atoms with Crippen LogP contribution in [0, 0.1) is 9.39 Å². The Bertz CT molecular complexity index is 776. The van der Waals surface area contributed by atoms with Crippen molar-refractivity contribution in [1.29, 1.82) is 0 Å². The summed E-state index contributed by atoms with van der Waals surface area (Å²) in [7, 11) is 2.02. The molecule has 0 aliphatic heterocycles. The molecule has 0 aliphatic rings. The van der Waals surface area contributed by atoms with Crippen LogP contribution in [-0.4, -0.2) is 44.2 Å². The van der Waals surface area contributed by atoms with Gasteiger partial charge in [0.15, 0.2) is 5.78 Å². The summed E-state index contributed by atoms with van der Waals surface area (Å²) in [6, 6.07) is 13.0. The number of ether oxygens (including phenoxy) is 1. The van der Waals surface area contributed by atoms with Crippen molar-refractivity contribution in [3.05, 3.63) is 63.5 Å². The molecular formula is C20H23BFINO5. The van der Waals surface area contributed by atoms with E-state index in [-0.39, 0.29) is 29.9 Å². The summed E-state index contributed by atoms with van der Waals surface area (Å²) in [6.07, 6.45) is 1.07. The van der Waals surface area contributed by atoms with Crippen molar-refractivity contribution < 1.29 is 28.4 Å². The molecule has 0 heterocycles. The Kier molecular flexibility index (Phi) is 12.2. The van der Waals surface area contributed by atoms with E-state index in [1.165, 1.54) is 41.9 Å². The molecule has 0 fully saturated rings. The minimum Gasteiger partial charge on any atom is -0.537 e. The number of aryl methyl sites for hydroxylation is 1. The highest BCUT2D eigenvalue weighted by molar-refractivity contribution is 14.1. The first-order chi connectivity index (χ1) is 13.8. The van der Waals surface area contributed by atoms with Crippen LogP contribution >= 0.6 is 22.6 Å². The Balaban J connectivity index is 0.000000352. The lowest BCUT2D eigenvalue weighted by atomic mass is 10.0. The van der Waals surface area contributed by atoms with E-state index in [1.807, 2.05) is 24.3 Å². The third-order valence-corrected chi connectivity index (χ3v) is 4.38. The molecule has 0 bridgehead atoms. The fraction of sp³-hybridized carbons (Fsp3) is 0.300. The largest absolute Gasteiger partial charge is 0.569 e. The highest BCUT2D eigenvalue weighted by atomic mass is 127. The van der Waals surface area contributed by atoms with Crippen molar-refractivity contribution in [1.82, 2.24) is 5.32 Å². The maximum Gasteiger partial charge on any atom is 0.569 e. The fourth-order valence-corrected chi connectivity index (χ4v) is 2.68. The van der Waals surface area contributed by atoms with Gasteiger partial charge in [-0.05, 0) is 58.8 Å². The Morgan fingerprint density at radius 3 is 2.48 bits per heavy atom. The first kappa shape index (κ1) is 25.1. The van der Waals surface area contributed by atoms with E-state index in [0.29, 0.717) is 20.5 Å². The monoisotopic (exact) mass is 514 g/mol. The van der Waals surface area contributed by atoms with Crippen LogP contribution in [0.4, 0.5) is 4.39 Å². The summed E-state index contributed by atoms with van der Waals surface area (Å²) in [5.41, 5.74) is 1.12. The maximum absolute atomic E-state index is 12.3. The second kappa shape index (κ2) is 14.1. The van der Waals surface area contributed by atoms with Crippen LogP contribution in [0.5, 0.6) is 5.75 Å². The number of hydrogen-bond donors (Lipinski definition) is 2. The summed E-state index contributed by atoms with van der Waals surface area (Å²) < 4.78 is 22.9. The molecule has 6 nitrogen and oxygen atoms in total. The van der Waals surface area contributed by atoms with Gasteiger partial charge in [-0.1, -0.05) is 18.2 Å². The average Bonchev–Trinajstić information content (AvgIpc) is 2.67. The van der Waals surface area contributed by atoms with Gasteiger partial charge in [0.2, 0.25) is 5.91 Å². The summed E-state index contributed by atoms with van der Waals surface area (Å²) in [6.45, 7) is 1.61. The van der Waals surface area contributed by atoms with Crippen LogP contribution in [0.2, 0.25) is 0 Å². The van der Waals surface area contributed by atoms with Gasteiger partial charge in [0.25, 0.3) is 0 Å². The third kappa shape index (κ3) is 11.0. The molecule has 0 spiro atoms. The summed E-state index contributed by atoms with van der Waals surface area (Å²) in [5.74, 6) is -0.331. The summed E-state index contributed by atoms with van der Waals surface area (Å²) >= 11 is 2.24. The van der Waals surface area contributed by atoms with Gasteiger partial charge in [0.1, 0.15) is 17.6 Å². The molecule has 2 rings (SSSR count). The summed E-state index contributed by atoms with van der Waals surface area (Å²) in [4.78, 5) is 23.0. The van der Waals surface area contributed by atoms with E-state index < -0.39 is 6.04 Å². The van der Waals surface area contributed by atoms with Crippen molar-refractivity contribution in [2.75, 3.05) is 13.7 Å². The van der Waals surface area contributed by atoms with Gasteiger partial charge >= 0.3 is 7.69 Å². The summed E-state index contributed by atoms with van der Waals surface area (Å²) in [5, 5.41) is 10.8. The zero-order valence-electron chi connectivity index (χ0n) is 16.2. The highest BCUT2D eigenvalue weighted by Gasteiger charge is 2.18. The van der Waals surface area contributed by atoms with Crippen molar-refractivity contribution in [2.45, 2.75) is 25.8 Å². The minimum absolute atomic E-state index is 0.00407. The van der Waals surface area contributed by atoms with Crippen LogP contribution in [0.25, 0.3) is 0 Å². The number of Topliss-reactive ketones (excluding diaryl/α,β-unsaturated/α-hetero) is 1. The molecule has 0 unspecified atom stereocenters. The van der Waals surface area contributed by atoms with Crippen molar-refractivity contribution in [3.8, 4) is 5.75 Å². The molecule has 0 aliphatic carbocycles. The van der Waals surface area contributed by atoms with E-state index in [2.05, 4.69) is 32.6 Å². The molecule has 1 amide bonds. The van der Waals surface area contributed by atoms with Gasteiger partial charge < -0.3 is 19.7 Å². The standard InChI is InChI=1S/C14H18INO3.C6H5BFO2/c1-10(17)16-13(9-19-2)14(18)8-5-11-3-6-12(15)7-4-11;8-5-2-1-3-6(4-5)10-7-9/h3-4,6-7,13H,5,8-9H2,1-2H3,(H,16,17);1-4,9H/t13-;/m1./s1. The molecule has 1 radical (unpaired) electrons. The Labute approximate surface area is 184 Å². The van der Waals surface area contributed by atoms with Gasteiger partial charge in [-0.3, -0.25) is 9.59 Å². The van der Waals surface area contributed by atoms with Crippen LogP contribution in [0.15, 0.2) is 48.5 Å². The topological polar surface area (TPSA) is 84.9 Å². The number of methoxy groups -OCH3 is 1. The number of halogens is 2. The average molecular weight is 514 g/mol. The lowest BCUT2D eigenvalue weighted by molar-refractivity contribution is -0.128. The molecule has 2 N–H and O–H groups in total. The zero-order valence-corrected chi connectivity index (χ0v) is 18.4. The quantitative estimate of drug-likeness (QED) is 0.398. The molecule has 155 valence electrons. The molecule has 2 aromatic carbocycles. The second-order valence-corrected chi connectivity index (χ2v) is 7.23. The molecule has 9 heteroatoms. The van der Waals surface area contributed by atoms with Crippen molar-refractivity contribution >= 4 is 42.0 Å². The van der Waals surface area contributed by atoms with E-state index in [1.54, 1.807) is 0 Å². The molecule has 1 atom stereocenters. The lowest BCUT2D eigenvalue weighted by Crippen LogP contribution is -2.43. The molecule has 29 heavy (non-hydrogen) atoms. The van der Waals surface area contributed by atoms with Crippen LogP contribution in [-0.2, 0) is 20.7 Å². The number of amides is 1. The smallest absolute Gasteiger partial charge is 0.537 e. The van der Waals surface area contributed by atoms with E-state index >= 15 is 0 Å². The Hall–Kier alpha value is -1.98. The van der Waals surface area contributed by atoms with Gasteiger partial charge in [0, 0.05) is 30.1 Å². The van der Waals surface area contributed by atoms with Gasteiger partial charge in [-0.2, -0.15) is 0 Å². The fourth-order valence-electron chi connectivity index (χ4n) is 2.32. The van der Waals surface area contributed by atoms with E-state index in [0.717, 1.165) is 5.56 Å². The molecule has 0 saturated heterocycles. The first-order valence-electron chi connectivity index (χ1n) is 8.77. The maximum atomic E-state index is 12.3. The zero-order chi connectivity index (χ0) is 21.6. The number of benzene rings is 2. The van der Waals surface area contributed by atoms with Gasteiger partial charge in [-0.15, -0.1) is 0 Å². The highest BCUT2D eigenvalue weighted by Crippen LogP contribution is 2.11. The number of hydrogen-bond acceptors (Lipinski definition) is 5. The Morgan fingerprint density at radius 2 is 1.93 bits per heavy atom. The number of ketones is 1. The predicted molar refractivity (Wildman–Crippen MR) is 117 cm³/mol. The molecular weight excluding hydrogens is 491 g/mol.